The largest absolute Gasteiger partial charge is 0.478 e. The zero-order chi connectivity index (χ0) is 16.6. The van der Waals surface area contributed by atoms with Crippen LogP contribution in [0.4, 0.5) is 14.5 Å². The molecule has 1 aliphatic heterocycles. The van der Waals surface area contributed by atoms with Crippen LogP contribution in [0, 0.1) is 0 Å². The molecule has 7 heteroatoms. The van der Waals surface area contributed by atoms with Crippen molar-refractivity contribution in [2.24, 2.45) is 0 Å². The lowest BCUT2D eigenvalue weighted by Crippen LogP contribution is -2.39. The molecule has 0 bridgehead atoms. The highest BCUT2D eigenvalue weighted by Crippen LogP contribution is 2.33. The minimum absolute atomic E-state index is 0.148. The molecule has 5 nitrogen and oxygen atoms in total. The zero-order valence-corrected chi connectivity index (χ0v) is 12.7. The average Bonchev–Trinajstić information content (AvgIpc) is 2.53. The van der Waals surface area contributed by atoms with Gasteiger partial charge in [0.15, 0.2) is 0 Å². The van der Waals surface area contributed by atoms with E-state index in [2.05, 4.69) is 9.97 Å². The Morgan fingerprint density at radius 3 is 2.65 bits per heavy atom. The molecule has 23 heavy (non-hydrogen) atoms. The number of pyridine rings is 2. The minimum atomic E-state index is -2.63. The number of carbonyl (C=O) groups is 1. The summed E-state index contributed by atoms with van der Waals surface area (Å²) >= 11 is 0. The quantitative estimate of drug-likeness (QED) is 0.941. The Morgan fingerprint density at radius 1 is 1.35 bits per heavy atom. The molecule has 0 spiro atoms. The highest BCUT2D eigenvalue weighted by molar-refractivity contribution is 5.98. The molecule has 1 N–H and O–H groups in total. The molecule has 0 saturated carbocycles. The first kappa shape index (κ1) is 15.6. The number of halogens is 2. The molecule has 2 aromatic rings. The van der Waals surface area contributed by atoms with Gasteiger partial charge in [0.25, 0.3) is 5.92 Å². The molecule has 2 aromatic heterocycles. The van der Waals surface area contributed by atoms with Crippen molar-refractivity contribution in [1.82, 2.24) is 9.97 Å². The highest BCUT2D eigenvalue weighted by Gasteiger charge is 2.34. The summed E-state index contributed by atoms with van der Waals surface area (Å²) in [5, 5.41) is 10.00. The third-order valence-corrected chi connectivity index (χ3v) is 4.20. The van der Waals surface area contributed by atoms with Crippen molar-refractivity contribution in [2.45, 2.75) is 32.1 Å². The van der Waals surface area contributed by atoms with E-state index in [9.17, 15) is 18.7 Å². The van der Waals surface area contributed by atoms with Crippen LogP contribution in [0.5, 0.6) is 0 Å². The number of hydrogen-bond acceptors (Lipinski definition) is 4. The minimum Gasteiger partial charge on any atom is -0.478 e. The number of aromatic carboxylic acids is 1. The van der Waals surface area contributed by atoms with E-state index in [-0.39, 0.29) is 31.5 Å². The fourth-order valence-electron chi connectivity index (χ4n) is 2.90. The molecular formula is C16H17F2N3O2. The number of anilines is 1. The molecule has 0 radical (unpaired) electrons. The van der Waals surface area contributed by atoms with Gasteiger partial charge in [-0.05, 0) is 12.5 Å². The molecule has 0 aromatic carbocycles. The van der Waals surface area contributed by atoms with Crippen molar-refractivity contribution in [2.75, 3.05) is 18.0 Å². The smallest absolute Gasteiger partial charge is 0.337 e. The van der Waals surface area contributed by atoms with Crippen molar-refractivity contribution in [1.29, 1.82) is 0 Å². The topological polar surface area (TPSA) is 66.3 Å². The first-order chi connectivity index (χ1) is 10.9. The molecule has 1 saturated heterocycles. The molecule has 3 heterocycles. The van der Waals surface area contributed by atoms with Gasteiger partial charge in [-0.15, -0.1) is 0 Å². The van der Waals surface area contributed by atoms with E-state index >= 15 is 0 Å². The summed E-state index contributed by atoms with van der Waals surface area (Å²) in [7, 11) is 0. The normalized spacial score (nSPS) is 17.4. The number of rotatable bonds is 3. The molecule has 1 fully saturated rings. The highest BCUT2D eigenvalue weighted by atomic mass is 19.3. The van der Waals surface area contributed by atoms with Gasteiger partial charge in [0.05, 0.1) is 34.9 Å². The summed E-state index contributed by atoms with van der Waals surface area (Å²) < 4.78 is 26.7. The molecular weight excluding hydrogens is 304 g/mol. The fraction of sp³-hybridized carbons (Fsp3) is 0.438. The summed E-state index contributed by atoms with van der Waals surface area (Å²) in [5.41, 5.74) is 1.89. The van der Waals surface area contributed by atoms with E-state index in [0.717, 1.165) is 0 Å². The second-order valence-corrected chi connectivity index (χ2v) is 5.71. The molecule has 1 aliphatic rings. The number of piperidine rings is 1. The SMILES string of the molecule is CCc1nc2cncc(N3CCC(F)(F)CC3)c2cc1C(=O)O. The van der Waals surface area contributed by atoms with Crippen LogP contribution in [0.15, 0.2) is 18.5 Å². The number of hydrogen-bond donors (Lipinski definition) is 1. The summed E-state index contributed by atoms with van der Waals surface area (Å²) in [6.07, 6.45) is 3.23. The fourth-order valence-corrected chi connectivity index (χ4v) is 2.90. The van der Waals surface area contributed by atoms with Crippen molar-refractivity contribution in [3.05, 3.63) is 29.7 Å². The van der Waals surface area contributed by atoms with Crippen molar-refractivity contribution >= 4 is 22.6 Å². The number of alkyl halides is 2. The second kappa shape index (κ2) is 5.72. The van der Waals surface area contributed by atoms with Gasteiger partial charge < -0.3 is 10.0 Å². The lowest BCUT2D eigenvalue weighted by molar-refractivity contribution is -0.0220. The molecule has 122 valence electrons. The molecule has 0 amide bonds. The predicted octanol–water partition coefficient (Wildman–Crippen LogP) is 3.13. The maximum absolute atomic E-state index is 13.3. The van der Waals surface area contributed by atoms with Gasteiger partial charge in [0, 0.05) is 31.3 Å². The third-order valence-electron chi connectivity index (χ3n) is 4.20. The van der Waals surface area contributed by atoms with Gasteiger partial charge >= 0.3 is 5.97 Å². The van der Waals surface area contributed by atoms with Crippen LogP contribution in [0.3, 0.4) is 0 Å². The van der Waals surface area contributed by atoms with E-state index in [4.69, 9.17) is 0 Å². The van der Waals surface area contributed by atoms with Crippen molar-refractivity contribution in [3.8, 4) is 0 Å². The van der Waals surface area contributed by atoms with Crippen LogP contribution in [0.25, 0.3) is 10.9 Å². The number of carboxylic acid groups (broad SMARTS) is 1. The van der Waals surface area contributed by atoms with E-state index < -0.39 is 11.9 Å². The van der Waals surface area contributed by atoms with Gasteiger partial charge in [-0.3, -0.25) is 9.97 Å². The van der Waals surface area contributed by atoms with Crippen molar-refractivity contribution < 1.29 is 18.7 Å². The number of carboxylic acids is 1. The monoisotopic (exact) mass is 321 g/mol. The summed E-state index contributed by atoms with van der Waals surface area (Å²) in [5.74, 6) is -3.67. The molecule has 3 rings (SSSR count). The first-order valence-corrected chi connectivity index (χ1v) is 7.55. The summed E-state index contributed by atoms with van der Waals surface area (Å²) in [6.45, 7) is 2.27. The van der Waals surface area contributed by atoms with Gasteiger partial charge in [-0.2, -0.15) is 0 Å². The molecule has 0 aliphatic carbocycles. The lowest BCUT2D eigenvalue weighted by atomic mass is 10.0. The van der Waals surface area contributed by atoms with E-state index in [1.54, 1.807) is 18.5 Å². The Labute approximate surface area is 132 Å². The van der Waals surface area contributed by atoms with Crippen LogP contribution in [0.1, 0.15) is 35.8 Å². The first-order valence-electron chi connectivity index (χ1n) is 7.55. The maximum Gasteiger partial charge on any atom is 0.337 e. The maximum atomic E-state index is 13.3. The number of fused-ring (bicyclic) bond motifs is 1. The van der Waals surface area contributed by atoms with Crippen LogP contribution in [0.2, 0.25) is 0 Å². The summed E-state index contributed by atoms with van der Waals surface area (Å²) in [4.78, 5) is 21.8. The number of aromatic nitrogens is 2. The molecule has 0 unspecified atom stereocenters. The Morgan fingerprint density at radius 2 is 2.04 bits per heavy atom. The van der Waals surface area contributed by atoms with Crippen LogP contribution < -0.4 is 4.90 Å². The number of nitrogens with zero attached hydrogens (tertiary/aromatic N) is 3. The Bertz CT molecular complexity index is 754. The predicted molar refractivity (Wildman–Crippen MR) is 82.3 cm³/mol. The standard InChI is InChI=1S/C16H17F2N3O2/c1-2-12-11(15(22)23)7-10-13(20-12)8-19-9-14(10)21-5-3-16(17,18)4-6-21/h7-9H,2-6H2,1H3,(H,22,23). The van der Waals surface area contributed by atoms with Crippen LogP contribution in [-0.2, 0) is 6.42 Å². The second-order valence-electron chi connectivity index (χ2n) is 5.71. The molecule has 0 atom stereocenters. The van der Waals surface area contributed by atoms with Gasteiger partial charge in [0.2, 0.25) is 0 Å². The van der Waals surface area contributed by atoms with Gasteiger partial charge in [-0.1, -0.05) is 6.92 Å². The summed E-state index contributed by atoms with van der Waals surface area (Å²) in [6, 6.07) is 1.58. The lowest BCUT2D eigenvalue weighted by Gasteiger charge is -2.33. The Kier molecular flexibility index (Phi) is 3.87. The zero-order valence-electron chi connectivity index (χ0n) is 12.7. The van der Waals surface area contributed by atoms with Gasteiger partial charge in [-0.25, -0.2) is 13.6 Å². The average molecular weight is 321 g/mol. The van der Waals surface area contributed by atoms with Crippen molar-refractivity contribution in [3.63, 3.8) is 0 Å². The van der Waals surface area contributed by atoms with E-state index in [1.165, 1.54) is 0 Å². The Hall–Kier alpha value is -2.31. The van der Waals surface area contributed by atoms with Gasteiger partial charge in [0.1, 0.15) is 0 Å². The third kappa shape index (κ3) is 2.95. The Balaban J connectivity index is 2.07. The number of aryl methyl sites for hydroxylation is 1. The van der Waals surface area contributed by atoms with Crippen LogP contribution in [-0.4, -0.2) is 40.1 Å². The van der Waals surface area contributed by atoms with E-state index in [0.29, 0.717) is 28.7 Å². The van der Waals surface area contributed by atoms with E-state index in [1.807, 2.05) is 11.8 Å². The van der Waals surface area contributed by atoms with Crippen LogP contribution >= 0.6 is 0 Å².